The molecule has 86 valence electrons. The number of hydrazine groups is 1. The minimum Gasteiger partial charge on any atom is -0.298 e. The number of anilines is 1. The van der Waals surface area contributed by atoms with Crippen LogP contribution in [0.15, 0.2) is 54.6 Å². The van der Waals surface area contributed by atoms with Crippen LogP contribution in [-0.4, -0.2) is 5.91 Å². The van der Waals surface area contributed by atoms with E-state index < -0.39 is 5.82 Å². The molecule has 0 atom stereocenters. The van der Waals surface area contributed by atoms with Crippen LogP contribution in [0.3, 0.4) is 0 Å². The van der Waals surface area contributed by atoms with E-state index in [2.05, 4.69) is 10.9 Å². The zero-order valence-electron chi connectivity index (χ0n) is 8.98. The molecular weight excluding hydrogens is 219 g/mol. The topological polar surface area (TPSA) is 41.1 Å². The van der Waals surface area contributed by atoms with Crippen molar-refractivity contribution in [3.05, 3.63) is 66.0 Å². The zero-order chi connectivity index (χ0) is 12.1. The molecule has 0 unspecified atom stereocenters. The largest absolute Gasteiger partial charge is 0.298 e. The van der Waals surface area contributed by atoms with Crippen LogP contribution in [-0.2, 0) is 0 Å². The average molecular weight is 230 g/mol. The number of carbonyl (C=O) groups is 1. The lowest BCUT2D eigenvalue weighted by Gasteiger charge is -2.08. The highest BCUT2D eigenvalue weighted by atomic mass is 19.1. The molecule has 0 aliphatic heterocycles. The van der Waals surface area contributed by atoms with Crippen molar-refractivity contribution in [3.63, 3.8) is 0 Å². The van der Waals surface area contributed by atoms with Crippen molar-refractivity contribution in [1.29, 1.82) is 0 Å². The van der Waals surface area contributed by atoms with Gasteiger partial charge in [0.25, 0.3) is 5.91 Å². The van der Waals surface area contributed by atoms with Crippen molar-refractivity contribution >= 4 is 11.6 Å². The number of carbonyl (C=O) groups excluding carboxylic acids is 1. The van der Waals surface area contributed by atoms with Crippen LogP contribution in [0.25, 0.3) is 0 Å². The minimum atomic E-state index is -0.433. The Balaban J connectivity index is 1.98. The maximum atomic E-state index is 12.9. The van der Waals surface area contributed by atoms with Gasteiger partial charge >= 0.3 is 0 Å². The molecule has 0 aliphatic rings. The number of halogens is 1. The SMILES string of the molecule is O=C(NNc1ccccc1)c1cccc(F)c1. The molecule has 0 radical (unpaired) electrons. The Morgan fingerprint density at radius 1 is 1.00 bits per heavy atom. The molecule has 2 aromatic carbocycles. The van der Waals surface area contributed by atoms with Gasteiger partial charge in [0.15, 0.2) is 0 Å². The van der Waals surface area contributed by atoms with E-state index in [1.807, 2.05) is 30.3 Å². The number of hydrogen-bond donors (Lipinski definition) is 2. The van der Waals surface area contributed by atoms with Crippen LogP contribution in [0.1, 0.15) is 10.4 Å². The summed E-state index contributed by atoms with van der Waals surface area (Å²) in [6.45, 7) is 0. The van der Waals surface area contributed by atoms with E-state index in [4.69, 9.17) is 0 Å². The van der Waals surface area contributed by atoms with Gasteiger partial charge in [-0.2, -0.15) is 0 Å². The Morgan fingerprint density at radius 2 is 1.76 bits per heavy atom. The standard InChI is InChI=1S/C13H11FN2O/c14-11-6-4-5-10(9-11)13(17)16-15-12-7-2-1-3-8-12/h1-9,15H,(H,16,17). The average Bonchev–Trinajstić information content (AvgIpc) is 2.37. The maximum absolute atomic E-state index is 12.9. The van der Waals surface area contributed by atoms with E-state index in [9.17, 15) is 9.18 Å². The molecule has 4 heteroatoms. The molecule has 0 spiro atoms. The molecule has 0 bridgehead atoms. The first-order chi connectivity index (χ1) is 8.25. The zero-order valence-corrected chi connectivity index (χ0v) is 8.98. The van der Waals surface area contributed by atoms with Gasteiger partial charge in [0, 0.05) is 5.56 Å². The van der Waals surface area contributed by atoms with Gasteiger partial charge in [-0.25, -0.2) is 4.39 Å². The second kappa shape index (κ2) is 5.12. The van der Waals surface area contributed by atoms with Gasteiger partial charge in [0.2, 0.25) is 0 Å². The molecule has 0 saturated carbocycles. The van der Waals surface area contributed by atoms with E-state index in [-0.39, 0.29) is 11.5 Å². The molecule has 0 saturated heterocycles. The summed E-state index contributed by atoms with van der Waals surface area (Å²) in [6, 6.07) is 14.7. The lowest BCUT2D eigenvalue weighted by Crippen LogP contribution is -2.29. The van der Waals surface area contributed by atoms with E-state index in [0.717, 1.165) is 5.69 Å². The van der Waals surface area contributed by atoms with Crippen molar-refractivity contribution in [2.45, 2.75) is 0 Å². The van der Waals surface area contributed by atoms with Gasteiger partial charge in [-0.15, -0.1) is 0 Å². The monoisotopic (exact) mass is 230 g/mol. The first kappa shape index (κ1) is 11.1. The molecule has 2 aromatic rings. The number of rotatable bonds is 3. The van der Waals surface area contributed by atoms with E-state index in [1.165, 1.54) is 18.2 Å². The quantitative estimate of drug-likeness (QED) is 0.796. The molecule has 2 rings (SSSR count). The Hall–Kier alpha value is -2.36. The molecule has 0 fully saturated rings. The second-order valence-corrected chi connectivity index (χ2v) is 3.46. The van der Waals surface area contributed by atoms with E-state index >= 15 is 0 Å². The van der Waals surface area contributed by atoms with Gasteiger partial charge in [-0.3, -0.25) is 15.6 Å². The molecule has 0 aromatic heterocycles. The predicted octanol–water partition coefficient (Wildman–Crippen LogP) is 2.58. The molecule has 3 nitrogen and oxygen atoms in total. The fourth-order valence-corrected chi connectivity index (χ4v) is 1.35. The van der Waals surface area contributed by atoms with Crippen LogP contribution < -0.4 is 10.9 Å². The molecule has 0 aliphatic carbocycles. The summed E-state index contributed by atoms with van der Waals surface area (Å²) in [5.74, 6) is -0.814. The molecular formula is C13H11FN2O. The highest BCUT2D eigenvalue weighted by molar-refractivity contribution is 5.94. The van der Waals surface area contributed by atoms with Gasteiger partial charge in [0.1, 0.15) is 5.82 Å². The summed E-state index contributed by atoms with van der Waals surface area (Å²) < 4.78 is 12.9. The summed E-state index contributed by atoms with van der Waals surface area (Å²) in [7, 11) is 0. The summed E-state index contributed by atoms with van der Waals surface area (Å²) in [6.07, 6.45) is 0. The fourth-order valence-electron chi connectivity index (χ4n) is 1.35. The van der Waals surface area contributed by atoms with Crippen molar-refractivity contribution in [3.8, 4) is 0 Å². The lowest BCUT2D eigenvalue weighted by atomic mass is 10.2. The van der Waals surface area contributed by atoms with E-state index in [1.54, 1.807) is 6.07 Å². The van der Waals surface area contributed by atoms with Gasteiger partial charge in [0.05, 0.1) is 5.69 Å². The Morgan fingerprint density at radius 3 is 2.47 bits per heavy atom. The van der Waals surface area contributed by atoms with Crippen LogP contribution in [0.5, 0.6) is 0 Å². The maximum Gasteiger partial charge on any atom is 0.269 e. The molecule has 1 amide bonds. The fraction of sp³-hybridized carbons (Fsp3) is 0. The third-order valence-corrected chi connectivity index (χ3v) is 2.18. The lowest BCUT2D eigenvalue weighted by molar-refractivity contribution is 0.0962. The molecule has 0 heterocycles. The summed E-state index contributed by atoms with van der Waals surface area (Å²) in [4.78, 5) is 11.6. The minimum absolute atomic E-state index is 0.272. The molecule has 2 N–H and O–H groups in total. The van der Waals surface area contributed by atoms with Crippen molar-refractivity contribution in [1.82, 2.24) is 5.43 Å². The Kier molecular flexibility index (Phi) is 3.35. The summed E-state index contributed by atoms with van der Waals surface area (Å²) in [5, 5.41) is 0. The molecule has 17 heavy (non-hydrogen) atoms. The number of para-hydroxylation sites is 1. The van der Waals surface area contributed by atoms with Crippen LogP contribution in [0, 0.1) is 5.82 Å². The second-order valence-electron chi connectivity index (χ2n) is 3.46. The number of amides is 1. The van der Waals surface area contributed by atoms with Gasteiger partial charge in [-0.05, 0) is 30.3 Å². The smallest absolute Gasteiger partial charge is 0.269 e. The first-order valence-corrected chi connectivity index (χ1v) is 5.13. The van der Waals surface area contributed by atoms with Crippen LogP contribution in [0.4, 0.5) is 10.1 Å². The number of nitrogens with one attached hydrogen (secondary N) is 2. The van der Waals surface area contributed by atoms with Crippen LogP contribution >= 0.6 is 0 Å². The Labute approximate surface area is 98.3 Å². The third-order valence-electron chi connectivity index (χ3n) is 2.18. The third kappa shape index (κ3) is 3.04. The van der Waals surface area contributed by atoms with E-state index in [0.29, 0.717) is 0 Å². The highest BCUT2D eigenvalue weighted by Gasteiger charge is 2.05. The van der Waals surface area contributed by atoms with Gasteiger partial charge < -0.3 is 0 Å². The number of benzene rings is 2. The van der Waals surface area contributed by atoms with Gasteiger partial charge in [-0.1, -0.05) is 24.3 Å². The van der Waals surface area contributed by atoms with Crippen LogP contribution in [0.2, 0.25) is 0 Å². The van der Waals surface area contributed by atoms with Crippen molar-refractivity contribution in [2.75, 3.05) is 5.43 Å². The first-order valence-electron chi connectivity index (χ1n) is 5.13. The normalized spacial score (nSPS) is 9.71. The van der Waals surface area contributed by atoms with Crippen molar-refractivity contribution in [2.24, 2.45) is 0 Å². The van der Waals surface area contributed by atoms with Crippen molar-refractivity contribution < 1.29 is 9.18 Å². The summed E-state index contributed by atoms with van der Waals surface area (Å²) in [5.41, 5.74) is 6.26. The Bertz CT molecular complexity index is 514. The highest BCUT2D eigenvalue weighted by Crippen LogP contribution is 2.05. The number of hydrogen-bond acceptors (Lipinski definition) is 2. The summed E-state index contributed by atoms with van der Waals surface area (Å²) >= 11 is 0. The predicted molar refractivity (Wildman–Crippen MR) is 63.9 cm³/mol.